The predicted octanol–water partition coefficient (Wildman–Crippen LogP) is 1.79. The molecular formula is C10H15NOS. The Kier molecular flexibility index (Phi) is 4.28. The second-order valence-electron chi connectivity index (χ2n) is 2.84. The zero-order valence-electron chi connectivity index (χ0n) is 7.73. The van der Waals surface area contributed by atoms with E-state index in [0.29, 0.717) is 13.0 Å². The van der Waals surface area contributed by atoms with Gasteiger partial charge < -0.3 is 10.8 Å². The van der Waals surface area contributed by atoms with Crippen LogP contribution < -0.4 is 5.73 Å². The maximum Gasteiger partial charge on any atom is 0.0812 e. The Morgan fingerprint density at radius 1 is 1.46 bits per heavy atom. The van der Waals surface area contributed by atoms with Crippen molar-refractivity contribution in [2.75, 3.05) is 12.8 Å². The summed E-state index contributed by atoms with van der Waals surface area (Å²) in [5.74, 6) is 0. The van der Waals surface area contributed by atoms with E-state index in [1.54, 1.807) is 11.8 Å². The monoisotopic (exact) mass is 197 g/mol. The van der Waals surface area contributed by atoms with E-state index in [0.717, 1.165) is 10.5 Å². The summed E-state index contributed by atoms with van der Waals surface area (Å²) in [6.07, 6.45) is 2.21. The first-order chi connectivity index (χ1) is 6.29. The van der Waals surface area contributed by atoms with Gasteiger partial charge in [0.15, 0.2) is 0 Å². The molecule has 1 aromatic carbocycles. The first-order valence-corrected chi connectivity index (χ1v) is 5.53. The number of aliphatic hydroxyl groups excluding tert-OH is 1. The largest absolute Gasteiger partial charge is 0.388 e. The molecule has 1 rings (SSSR count). The molecule has 1 unspecified atom stereocenters. The highest BCUT2D eigenvalue weighted by molar-refractivity contribution is 7.98. The molecule has 0 aliphatic carbocycles. The van der Waals surface area contributed by atoms with Gasteiger partial charge >= 0.3 is 0 Å². The lowest BCUT2D eigenvalue weighted by atomic mass is 10.1. The Morgan fingerprint density at radius 2 is 2.15 bits per heavy atom. The molecule has 0 bridgehead atoms. The van der Waals surface area contributed by atoms with Gasteiger partial charge in [0.2, 0.25) is 0 Å². The molecule has 72 valence electrons. The fraction of sp³-hybridized carbons (Fsp3) is 0.400. The van der Waals surface area contributed by atoms with Crippen molar-refractivity contribution in [1.29, 1.82) is 0 Å². The normalized spacial score (nSPS) is 12.8. The summed E-state index contributed by atoms with van der Waals surface area (Å²) in [6.45, 7) is 0.518. The molecule has 3 heteroatoms. The van der Waals surface area contributed by atoms with Crippen molar-refractivity contribution in [3.05, 3.63) is 29.8 Å². The van der Waals surface area contributed by atoms with Gasteiger partial charge in [-0.3, -0.25) is 0 Å². The molecular weight excluding hydrogens is 182 g/mol. The van der Waals surface area contributed by atoms with Gasteiger partial charge in [-0.25, -0.2) is 0 Å². The van der Waals surface area contributed by atoms with Crippen molar-refractivity contribution in [1.82, 2.24) is 0 Å². The van der Waals surface area contributed by atoms with Gasteiger partial charge in [0, 0.05) is 4.90 Å². The maximum absolute atomic E-state index is 9.74. The molecule has 0 aliphatic heterocycles. The SMILES string of the molecule is CSc1ccccc1C(O)CCN. The number of rotatable bonds is 4. The van der Waals surface area contributed by atoms with Crippen molar-refractivity contribution in [2.24, 2.45) is 5.73 Å². The van der Waals surface area contributed by atoms with E-state index < -0.39 is 6.10 Å². The van der Waals surface area contributed by atoms with E-state index in [1.165, 1.54) is 0 Å². The van der Waals surface area contributed by atoms with Crippen LogP contribution in [0.5, 0.6) is 0 Å². The summed E-state index contributed by atoms with van der Waals surface area (Å²) in [4.78, 5) is 1.13. The zero-order valence-corrected chi connectivity index (χ0v) is 8.55. The predicted molar refractivity (Wildman–Crippen MR) is 56.9 cm³/mol. The molecule has 0 aliphatic rings. The zero-order chi connectivity index (χ0) is 9.68. The third-order valence-corrected chi connectivity index (χ3v) is 2.75. The quantitative estimate of drug-likeness (QED) is 0.723. The van der Waals surface area contributed by atoms with E-state index in [-0.39, 0.29) is 0 Å². The second kappa shape index (κ2) is 5.27. The summed E-state index contributed by atoms with van der Waals surface area (Å²) in [5, 5.41) is 9.74. The van der Waals surface area contributed by atoms with Crippen LogP contribution in [0.15, 0.2) is 29.2 Å². The highest BCUT2D eigenvalue weighted by Crippen LogP contribution is 2.26. The number of hydrogen-bond acceptors (Lipinski definition) is 3. The summed E-state index contributed by atoms with van der Waals surface area (Å²) < 4.78 is 0. The van der Waals surface area contributed by atoms with Gasteiger partial charge in [0.25, 0.3) is 0 Å². The third kappa shape index (κ3) is 2.72. The van der Waals surface area contributed by atoms with E-state index in [9.17, 15) is 5.11 Å². The van der Waals surface area contributed by atoms with Crippen LogP contribution in [0.3, 0.4) is 0 Å². The van der Waals surface area contributed by atoms with Gasteiger partial charge in [0.05, 0.1) is 6.10 Å². The summed E-state index contributed by atoms with van der Waals surface area (Å²) >= 11 is 1.65. The molecule has 1 atom stereocenters. The van der Waals surface area contributed by atoms with Crippen LogP contribution in [0.4, 0.5) is 0 Å². The van der Waals surface area contributed by atoms with Crippen LogP contribution in [0.2, 0.25) is 0 Å². The Labute approximate surface area is 83.1 Å². The minimum atomic E-state index is -0.423. The van der Waals surface area contributed by atoms with Crippen LogP contribution in [0.25, 0.3) is 0 Å². The average molecular weight is 197 g/mol. The number of hydrogen-bond donors (Lipinski definition) is 2. The fourth-order valence-electron chi connectivity index (χ4n) is 1.26. The van der Waals surface area contributed by atoms with E-state index in [1.807, 2.05) is 30.5 Å². The topological polar surface area (TPSA) is 46.2 Å². The van der Waals surface area contributed by atoms with Crippen LogP contribution >= 0.6 is 11.8 Å². The van der Waals surface area contributed by atoms with Crippen LogP contribution in [0, 0.1) is 0 Å². The molecule has 0 heterocycles. The van der Waals surface area contributed by atoms with Crippen molar-refractivity contribution in [3.8, 4) is 0 Å². The highest BCUT2D eigenvalue weighted by Gasteiger charge is 2.09. The maximum atomic E-state index is 9.74. The van der Waals surface area contributed by atoms with E-state index in [4.69, 9.17) is 5.73 Å². The fourth-order valence-corrected chi connectivity index (χ4v) is 1.91. The first kappa shape index (κ1) is 10.6. The highest BCUT2D eigenvalue weighted by atomic mass is 32.2. The Hall–Kier alpha value is -0.510. The van der Waals surface area contributed by atoms with Gasteiger partial charge in [0.1, 0.15) is 0 Å². The van der Waals surface area contributed by atoms with Crippen LogP contribution in [-0.4, -0.2) is 17.9 Å². The van der Waals surface area contributed by atoms with E-state index >= 15 is 0 Å². The number of benzene rings is 1. The van der Waals surface area contributed by atoms with Gasteiger partial charge in [-0.15, -0.1) is 11.8 Å². The molecule has 1 aromatic rings. The van der Waals surface area contributed by atoms with Crippen LogP contribution in [0.1, 0.15) is 18.1 Å². The first-order valence-electron chi connectivity index (χ1n) is 4.30. The van der Waals surface area contributed by atoms with Crippen molar-refractivity contribution >= 4 is 11.8 Å². The van der Waals surface area contributed by atoms with Gasteiger partial charge in [-0.2, -0.15) is 0 Å². The molecule has 2 nitrogen and oxygen atoms in total. The Bertz CT molecular complexity index is 265. The molecule has 0 spiro atoms. The molecule has 0 aromatic heterocycles. The summed E-state index contributed by atoms with van der Waals surface area (Å²) in [7, 11) is 0. The number of nitrogens with two attached hydrogens (primary N) is 1. The Balaban J connectivity index is 2.85. The van der Waals surface area contributed by atoms with Crippen LogP contribution in [-0.2, 0) is 0 Å². The Morgan fingerprint density at radius 3 is 2.77 bits per heavy atom. The summed E-state index contributed by atoms with van der Waals surface area (Å²) in [5.41, 5.74) is 6.38. The van der Waals surface area contributed by atoms with Gasteiger partial charge in [-0.1, -0.05) is 18.2 Å². The number of thioether (sulfide) groups is 1. The molecule has 0 saturated carbocycles. The van der Waals surface area contributed by atoms with Crippen molar-refractivity contribution < 1.29 is 5.11 Å². The lowest BCUT2D eigenvalue weighted by Crippen LogP contribution is -2.07. The minimum Gasteiger partial charge on any atom is -0.388 e. The smallest absolute Gasteiger partial charge is 0.0812 e. The lowest BCUT2D eigenvalue weighted by molar-refractivity contribution is 0.167. The van der Waals surface area contributed by atoms with E-state index in [2.05, 4.69) is 0 Å². The number of aliphatic hydroxyl groups is 1. The molecule has 13 heavy (non-hydrogen) atoms. The minimum absolute atomic E-state index is 0.423. The second-order valence-corrected chi connectivity index (χ2v) is 3.68. The average Bonchev–Trinajstić information content (AvgIpc) is 2.18. The molecule has 0 radical (unpaired) electrons. The van der Waals surface area contributed by atoms with Crippen molar-refractivity contribution in [2.45, 2.75) is 17.4 Å². The summed E-state index contributed by atoms with van der Waals surface area (Å²) in [6, 6.07) is 7.88. The standard InChI is InChI=1S/C10H15NOS/c1-13-10-5-3-2-4-8(10)9(12)6-7-11/h2-5,9,12H,6-7,11H2,1H3. The van der Waals surface area contributed by atoms with Gasteiger partial charge in [-0.05, 0) is 30.9 Å². The molecule has 0 fully saturated rings. The molecule has 0 amide bonds. The third-order valence-electron chi connectivity index (χ3n) is 1.94. The lowest BCUT2D eigenvalue weighted by Gasteiger charge is -2.12. The molecule has 0 saturated heterocycles. The molecule has 3 N–H and O–H groups in total. The van der Waals surface area contributed by atoms with Crippen molar-refractivity contribution in [3.63, 3.8) is 0 Å².